The number of carbonyl (C=O) groups is 1. The number of halogens is 4. The van der Waals surface area contributed by atoms with Crippen LogP contribution in [-0.4, -0.2) is 49.1 Å². The summed E-state index contributed by atoms with van der Waals surface area (Å²) in [7, 11) is 0. The van der Waals surface area contributed by atoms with Crippen LogP contribution in [0.1, 0.15) is 32.6 Å². The summed E-state index contributed by atoms with van der Waals surface area (Å²) in [5, 5.41) is 6.41. The molecular weight excluding hydrogens is 433 g/mol. The van der Waals surface area contributed by atoms with Gasteiger partial charge in [0.25, 0.3) is 0 Å². The van der Waals surface area contributed by atoms with Crippen LogP contribution in [-0.2, 0) is 11.3 Å². The predicted molar refractivity (Wildman–Crippen MR) is 109 cm³/mol. The van der Waals surface area contributed by atoms with Gasteiger partial charge < -0.3 is 15.2 Å². The Balaban J connectivity index is 1.47. The highest BCUT2D eigenvalue weighted by molar-refractivity contribution is 6.20. The summed E-state index contributed by atoms with van der Waals surface area (Å²) in [6.45, 7) is 0.730. The van der Waals surface area contributed by atoms with E-state index in [0.717, 1.165) is 36.6 Å². The number of amides is 1. The normalized spacial score (nSPS) is 27.3. The second-order valence-corrected chi connectivity index (χ2v) is 8.97. The Morgan fingerprint density at radius 2 is 2.16 bits per heavy atom. The van der Waals surface area contributed by atoms with E-state index in [1.807, 2.05) is 6.92 Å². The number of alkyl halides is 4. The van der Waals surface area contributed by atoms with Gasteiger partial charge in [0.1, 0.15) is 6.54 Å². The van der Waals surface area contributed by atoms with E-state index in [4.69, 9.17) is 11.6 Å². The zero-order valence-electron chi connectivity index (χ0n) is 16.9. The van der Waals surface area contributed by atoms with Gasteiger partial charge in [0.05, 0.1) is 29.8 Å². The monoisotopic (exact) mass is 456 g/mol. The zero-order valence-corrected chi connectivity index (χ0v) is 17.7. The van der Waals surface area contributed by atoms with Gasteiger partial charge in [-0.15, -0.1) is 11.6 Å². The SMILES string of the molecule is C[C@H](Nc1nccc(-c2cncn2CC(F)(F)F)n1)C1CC2CC(Cl)CCC2NC1=O. The molecule has 11 heteroatoms. The lowest BCUT2D eigenvalue weighted by Crippen LogP contribution is -2.55. The quantitative estimate of drug-likeness (QED) is 0.671. The molecule has 31 heavy (non-hydrogen) atoms. The molecule has 0 radical (unpaired) electrons. The number of aromatic nitrogens is 4. The van der Waals surface area contributed by atoms with E-state index in [0.29, 0.717) is 11.6 Å². The molecule has 2 aromatic rings. The summed E-state index contributed by atoms with van der Waals surface area (Å²) in [5.74, 6) is 0.311. The number of nitrogens with zero attached hydrogens (tertiary/aromatic N) is 4. The van der Waals surface area contributed by atoms with E-state index >= 15 is 0 Å². The number of hydrogen-bond donors (Lipinski definition) is 2. The van der Waals surface area contributed by atoms with Crippen molar-refractivity contribution in [2.24, 2.45) is 11.8 Å². The van der Waals surface area contributed by atoms with Crippen molar-refractivity contribution in [2.75, 3.05) is 5.32 Å². The van der Waals surface area contributed by atoms with Crippen molar-refractivity contribution < 1.29 is 18.0 Å². The Hall–Kier alpha value is -2.36. The van der Waals surface area contributed by atoms with Crippen LogP contribution >= 0.6 is 11.6 Å². The van der Waals surface area contributed by atoms with E-state index in [1.54, 1.807) is 0 Å². The summed E-state index contributed by atoms with van der Waals surface area (Å²) in [6.07, 6.45) is 2.98. The Labute approximate surface area is 182 Å². The molecule has 3 heterocycles. The average molecular weight is 457 g/mol. The van der Waals surface area contributed by atoms with Crippen LogP contribution in [0.15, 0.2) is 24.8 Å². The van der Waals surface area contributed by atoms with E-state index in [2.05, 4.69) is 25.6 Å². The standard InChI is InChI=1S/C20H24ClF3N6O/c1-11(14-7-12-6-13(21)2-3-15(12)28-18(14)31)27-19-26-5-4-16(29-19)17-8-25-10-30(17)9-20(22,23)24/h4-5,8,10-15H,2-3,6-7,9H2,1H3,(H,28,31)(H,26,27,29)/t11-,12?,13?,14?,15?/m0/s1. The fourth-order valence-corrected chi connectivity index (χ4v) is 4.89. The molecular formula is C20H24ClF3N6O. The second-order valence-electron chi connectivity index (χ2n) is 8.35. The predicted octanol–water partition coefficient (Wildman–Crippen LogP) is 3.62. The summed E-state index contributed by atoms with van der Waals surface area (Å²) in [6, 6.07) is 1.45. The number of hydrogen-bond acceptors (Lipinski definition) is 5. The third-order valence-electron chi connectivity index (χ3n) is 6.08. The van der Waals surface area contributed by atoms with Crippen LogP contribution in [0.25, 0.3) is 11.4 Å². The number of fused-ring (bicyclic) bond motifs is 1. The van der Waals surface area contributed by atoms with Gasteiger partial charge in [0.2, 0.25) is 11.9 Å². The topological polar surface area (TPSA) is 84.7 Å². The van der Waals surface area contributed by atoms with Crippen LogP contribution in [0.4, 0.5) is 19.1 Å². The Kier molecular flexibility index (Phi) is 6.09. The maximum atomic E-state index is 12.8. The third kappa shape index (κ3) is 5.11. The van der Waals surface area contributed by atoms with E-state index < -0.39 is 12.7 Å². The molecule has 1 aliphatic heterocycles. The smallest absolute Gasteiger partial charge is 0.353 e. The average Bonchev–Trinajstić information content (AvgIpc) is 3.14. The molecule has 5 atom stereocenters. The lowest BCUT2D eigenvalue weighted by Gasteiger charge is -2.42. The number of piperidine rings is 1. The third-order valence-corrected chi connectivity index (χ3v) is 6.48. The molecule has 7 nitrogen and oxygen atoms in total. The molecule has 0 aromatic carbocycles. The van der Waals surface area contributed by atoms with Crippen LogP contribution in [0.3, 0.4) is 0 Å². The van der Waals surface area contributed by atoms with Crippen LogP contribution in [0.2, 0.25) is 0 Å². The molecule has 0 spiro atoms. The van der Waals surface area contributed by atoms with Gasteiger partial charge in [-0.1, -0.05) is 0 Å². The highest BCUT2D eigenvalue weighted by atomic mass is 35.5. The minimum atomic E-state index is -4.37. The fraction of sp³-hybridized carbons (Fsp3) is 0.600. The molecule has 4 rings (SSSR count). The van der Waals surface area contributed by atoms with Crippen molar-refractivity contribution in [1.82, 2.24) is 24.8 Å². The molecule has 4 unspecified atom stereocenters. The molecule has 2 N–H and O–H groups in total. The summed E-state index contributed by atoms with van der Waals surface area (Å²) in [4.78, 5) is 25.0. The van der Waals surface area contributed by atoms with Crippen molar-refractivity contribution in [2.45, 2.75) is 62.8 Å². The second kappa shape index (κ2) is 8.64. The fourth-order valence-electron chi connectivity index (χ4n) is 4.54. The minimum Gasteiger partial charge on any atom is -0.353 e. The van der Waals surface area contributed by atoms with Gasteiger partial charge >= 0.3 is 6.18 Å². The molecule has 0 bridgehead atoms. The Morgan fingerprint density at radius 3 is 2.94 bits per heavy atom. The van der Waals surface area contributed by atoms with Gasteiger partial charge in [0, 0.05) is 23.7 Å². The molecule has 2 aliphatic rings. The first-order chi connectivity index (χ1) is 14.7. The van der Waals surface area contributed by atoms with Gasteiger partial charge in [-0.25, -0.2) is 15.0 Å². The van der Waals surface area contributed by atoms with E-state index in [9.17, 15) is 18.0 Å². The molecule has 168 valence electrons. The maximum Gasteiger partial charge on any atom is 0.406 e. The van der Waals surface area contributed by atoms with Crippen molar-refractivity contribution in [1.29, 1.82) is 0 Å². The number of imidazole rings is 1. The first-order valence-corrected chi connectivity index (χ1v) is 10.7. The highest BCUT2D eigenvalue weighted by Gasteiger charge is 2.41. The molecule has 1 saturated heterocycles. The van der Waals surface area contributed by atoms with Gasteiger partial charge in [-0.2, -0.15) is 13.2 Å². The largest absolute Gasteiger partial charge is 0.406 e. The lowest BCUT2D eigenvalue weighted by atomic mass is 9.74. The van der Waals surface area contributed by atoms with Gasteiger partial charge in [-0.05, 0) is 44.6 Å². The van der Waals surface area contributed by atoms with Crippen LogP contribution < -0.4 is 10.6 Å². The first kappa shape index (κ1) is 21.9. The molecule has 1 amide bonds. The van der Waals surface area contributed by atoms with Crippen molar-refractivity contribution in [3.63, 3.8) is 0 Å². The summed E-state index contributed by atoms with van der Waals surface area (Å²) in [5.41, 5.74) is 0.556. The van der Waals surface area contributed by atoms with Crippen LogP contribution in [0.5, 0.6) is 0 Å². The number of nitrogens with one attached hydrogen (secondary N) is 2. The number of rotatable bonds is 5. The molecule has 1 saturated carbocycles. The molecule has 2 fully saturated rings. The molecule has 2 aromatic heterocycles. The van der Waals surface area contributed by atoms with Crippen molar-refractivity contribution in [3.8, 4) is 11.4 Å². The number of carbonyl (C=O) groups excluding carboxylic acids is 1. The maximum absolute atomic E-state index is 12.8. The Bertz CT molecular complexity index is 936. The highest BCUT2D eigenvalue weighted by Crippen LogP contribution is 2.37. The van der Waals surface area contributed by atoms with Gasteiger partial charge in [-0.3, -0.25) is 4.79 Å². The summed E-state index contributed by atoms with van der Waals surface area (Å²) < 4.78 is 39.4. The Morgan fingerprint density at radius 1 is 1.35 bits per heavy atom. The van der Waals surface area contributed by atoms with Gasteiger partial charge in [0.15, 0.2) is 0 Å². The van der Waals surface area contributed by atoms with E-state index in [1.165, 1.54) is 18.5 Å². The first-order valence-electron chi connectivity index (χ1n) is 10.3. The van der Waals surface area contributed by atoms with Crippen LogP contribution in [0, 0.1) is 11.8 Å². The van der Waals surface area contributed by atoms with Crippen molar-refractivity contribution in [3.05, 3.63) is 24.8 Å². The number of anilines is 1. The lowest BCUT2D eigenvalue weighted by molar-refractivity contribution is -0.140. The zero-order chi connectivity index (χ0) is 22.2. The summed E-state index contributed by atoms with van der Waals surface area (Å²) >= 11 is 6.32. The molecule has 1 aliphatic carbocycles. The van der Waals surface area contributed by atoms with Crippen molar-refractivity contribution >= 4 is 23.5 Å². The van der Waals surface area contributed by atoms with E-state index in [-0.39, 0.29) is 40.9 Å². The minimum absolute atomic E-state index is 0.00585.